The first kappa shape index (κ1) is 19.8. The van der Waals surface area contributed by atoms with Crippen LogP contribution in [0.5, 0.6) is 5.88 Å². The first-order valence-corrected chi connectivity index (χ1v) is 10.5. The molecule has 4 rings (SSSR count). The maximum Gasteiger partial charge on any atom is 0.213 e. The van der Waals surface area contributed by atoms with E-state index < -0.39 is 0 Å². The second-order valence-electron chi connectivity index (χ2n) is 7.89. The molecule has 2 aromatic heterocycles. The van der Waals surface area contributed by atoms with Crippen molar-refractivity contribution in [2.45, 2.75) is 32.1 Å². The molecule has 1 saturated heterocycles. The molecule has 29 heavy (non-hydrogen) atoms. The first-order chi connectivity index (χ1) is 14.2. The molecule has 3 aromatic rings. The number of rotatable bonds is 7. The van der Waals surface area contributed by atoms with Crippen LogP contribution in [0.3, 0.4) is 0 Å². The minimum Gasteiger partial charge on any atom is -0.481 e. The van der Waals surface area contributed by atoms with Crippen LogP contribution >= 0.6 is 0 Å². The third-order valence-corrected chi connectivity index (χ3v) is 6.01. The zero-order valence-corrected chi connectivity index (χ0v) is 17.0. The summed E-state index contributed by atoms with van der Waals surface area (Å²) in [6.07, 6.45) is 7.56. The summed E-state index contributed by atoms with van der Waals surface area (Å²) >= 11 is 0. The summed E-state index contributed by atoms with van der Waals surface area (Å²) in [5.74, 6) is 1.25. The third-order valence-electron chi connectivity index (χ3n) is 6.01. The SMILES string of the molecule is COc1ccc2nccc(CCN3CCC(CCc4ccc(F)cc4)CC3)c2n1. The van der Waals surface area contributed by atoms with Gasteiger partial charge in [-0.15, -0.1) is 0 Å². The second kappa shape index (κ2) is 9.31. The van der Waals surface area contributed by atoms with Crippen molar-refractivity contribution in [2.24, 2.45) is 5.92 Å². The van der Waals surface area contributed by atoms with Gasteiger partial charge >= 0.3 is 0 Å². The fraction of sp³-hybridized carbons (Fsp3) is 0.417. The van der Waals surface area contributed by atoms with Crippen LogP contribution in [0.15, 0.2) is 48.7 Å². The van der Waals surface area contributed by atoms with E-state index in [-0.39, 0.29) is 5.82 Å². The zero-order chi connectivity index (χ0) is 20.1. The summed E-state index contributed by atoms with van der Waals surface area (Å²) in [5, 5.41) is 0. The maximum atomic E-state index is 13.0. The summed E-state index contributed by atoms with van der Waals surface area (Å²) in [4.78, 5) is 11.6. The molecule has 0 saturated carbocycles. The lowest BCUT2D eigenvalue weighted by Gasteiger charge is -2.32. The van der Waals surface area contributed by atoms with Gasteiger partial charge in [0.2, 0.25) is 5.88 Å². The van der Waals surface area contributed by atoms with Crippen LogP contribution in [0.2, 0.25) is 0 Å². The molecule has 0 atom stereocenters. The van der Waals surface area contributed by atoms with Crippen molar-refractivity contribution in [1.82, 2.24) is 14.9 Å². The van der Waals surface area contributed by atoms with Crippen molar-refractivity contribution in [2.75, 3.05) is 26.7 Å². The number of methoxy groups -OCH3 is 1. The predicted molar refractivity (Wildman–Crippen MR) is 114 cm³/mol. The van der Waals surface area contributed by atoms with Crippen molar-refractivity contribution >= 4 is 11.0 Å². The third kappa shape index (κ3) is 5.10. The van der Waals surface area contributed by atoms with Crippen LogP contribution in [0.25, 0.3) is 11.0 Å². The number of nitrogens with zero attached hydrogens (tertiary/aromatic N) is 3. The average Bonchev–Trinajstić information content (AvgIpc) is 2.77. The number of aryl methyl sites for hydroxylation is 1. The molecule has 1 aliphatic rings. The van der Waals surface area contributed by atoms with Crippen molar-refractivity contribution in [1.29, 1.82) is 0 Å². The molecular weight excluding hydrogens is 365 g/mol. The fourth-order valence-corrected chi connectivity index (χ4v) is 4.18. The van der Waals surface area contributed by atoms with Crippen LogP contribution in [0.1, 0.15) is 30.4 Å². The number of benzene rings is 1. The van der Waals surface area contributed by atoms with E-state index in [2.05, 4.69) is 20.9 Å². The Labute approximate surface area is 171 Å². The molecule has 1 fully saturated rings. The van der Waals surface area contributed by atoms with Crippen LogP contribution < -0.4 is 4.74 Å². The van der Waals surface area contributed by atoms with E-state index in [1.807, 2.05) is 30.5 Å². The monoisotopic (exact) mass is 393 g/mol. The lowest BCUT2D eigenvalue weighted by molar-refractivity contribution is 0.181. The van der Waals surface area contributed by atoms with Gasteiger partial charge in [0.05, 0.1) is 18.1 Å². The summed E-state index contributed by atoms with van der Waals surface area (Å²) in [6.45, 7) is 3.34. The van der Waals surface area contributed by atoms with Crippen molar-refractivity contribution in [3.63, 3.8) is 0 Å². The minimum atomic E-state index is -0.155. The molecule has 0 radical (unpaired) electrons. The van der Waals surface area contributed by atoms with Gasteiger partial charge in [-0.2, -0.15) is 0 Å². The van der Waals surface area contributed by atoms with Gasteiger partial charge in [-0.1, -0.05) is 12.1 Å². The second-order valence-corrected chi connectivity index (χ2v) is 7.89. The molecular formula is C24H28FN3O. The van der Waals surface area contributed by atoms with Crippen LogP contribution in [0.4, 0.5) is 4.39 Å². The largest absolute Gasteiger partial charge is 0.481 e. The number of likely N-dealkylation sites (tertiary alicyclic amines) is 1. The Balaban J connectivity index is 1.27. The molecule has 0 spiro atoms. The predicted octanol–water partition coefficient (Wildman–Crippen LogP) is 4.66. The van der Waals surface area contributed by atoms with E-state index in [9.17, 15) is 4.39 Å². The quantitative estimate of drug-likeness (QED) is 0.585. The Hall–Kier alpha value is -2.53. The lowest BCUT2D eigenvalue weighted by atomic mass is 9.90. The van der Waals surface area contributed by atoms with Gasteiger partial charge in [0, 0.05) is 18.8 Å². The summed E-state index contributed by atoms with van der Waals surface area (Å²) in [7, 11) is 1.64. The molecule has 152 valence electrons. The van der Waals surface area contributed by atoms with Crippen molar-refractivity contribution < 1.29 is 9.13 Å². The van der Waals surface area contributed by atoms with Gasteiger partial charge < -0.3 is 9.64 Å². The van der Waals surface area contributed by atoms with Gasteiger partial charge in [-0.05, 0) is 86.5 Å². The summed E-state index contributed by atoms with van der Waals surface area (Å²) in [6, 6.07) is 12.8. The van der Waals surface area contributed by atoms with Crippen LogP contribution in [-0.4, -0.2) is 41.6 Å². The molecule has 0 unspecified atom stereocenters. The Kier molecular flexibility index (Phi) is 6.35. The Morgan fingerprint density at radius 2 is 1.83 bits per heavy atom. The maximum absolute atomic E-state index is 13.0. The summed E-state index contributed by atoms with van der Waals surface area (Å²) in [5.41, 5.74) is 4.33. The zero-order valence-electron chi connectivity index (χ0n) is 17.0. The van der Waals surface area contributed by atoms with E-state index in [0.717, 1.165) is 49.4 Å². The van der Waals surface area contributed by atoms with E-state index in [0.29, 0.717) is 5.88 Å². The van der Waals surface area contributed by atoms with Gasteiger partial charge in [0.1, 0.15) is 5.82 Å². The highest BCUT2D eigenvalue weighted by Crippen LogP contribution is 2.24. The molecule has 0 amide bonds. The average molecular weight is 394 g/mol. The molecule has 0 bridgehead atoms. The number of hydrogen-bond donors (Lipinski definition) is 0. The number of pyridine rings is 2. The number of piperidine rings is 1. The highest BCUT2D eigenvalue weighted by atomic mass is 19.1. The van der Waals surface area contributed by atoms with Crippen molar-refractivity contribution in [3.8, 4) is 5.88 Å². The molecule has 4 nitrogen and oxygen atoms in total. The van der Waals surface area contributed by atoms with Gasteiger partial charge in [-0.25, -0.2) is 9.37 Å². The topological polar surface area (TPSA) is 38.2 Å². The Bertz CT molecular complexity index is 937. The fourth-order valence-electron chi connectivity index (χ4n) is 4.18. The standard InChI is InChI=1S/C24H28FN3O/c1-29-23-9-8-22-24(27-23)20(10-14-26-22)13-17-28-15-11-19(12-16-28)3-2-18-4-6-21(25)7-5-18/h4-10,14,19H,2-3,11-13,15-17H2,1H3. The summed E-state index contributed by atoms with van der Waals surface area (Å²) < 4.78 is 18.3. The van der Waals surface area contributed by atoms with E-state index in [1.165, 1.54) is 30.4 Å². The Morgan fingerprint density at radius 1 is 1.03 bits per heavy atom. The van der Waals surface area contributed by atoms with Gasteiger partial charge in [-0.3, -0.25) is 4.98 Å². The number of ether oxygens (including phenoxy) is 1. The smallest absolute Gasteiger partial charge is 0.213 e. The highest BCUT2D eigenvalue weighted by Gasteiger charge is 2.19. The molecule has 1 aliphatic heterocycles. The first-order valence-electron chi connectivity index (χ1n) is 10.5. The molecule has 1 aromatic carbocycles. The van der Waals surface area contributed by atoms with E-state index in [1.54, 1.807) is 19.2 Å². The molecule has 3 heterocycles. The minimum absolute atomic E-state index is 0.155. The number of halogens is 1. The van der Waals surface area contributed by atoms with Gasteiger partial charge in [0.25, 0.3) is 0 Å². The number of aromatic nitrogens is 2. The Morgan fingerprint density at radius 3 is 2.59 bits per heavy atom. The normalized spacial score (nSPS) is 15.7. The van der Waals surface area contributed by atoms with Gasteiger partial charge in [0.15, 0.2) is 0 Å². The van der Waals surface area contributed by atoms with E-state index in [4.69, 9.17) is 4.74 Å². The van der Waals surface area contributed by atoms with E-state index >= 15 is 0 Å². The molecule has 5 heteroatoms. The van der Waals surface area contributed by atoms with Crippen molar-refractivity contribution in [3.05, 3.63) is 65.6 Å². The number of hydrogen-bond acceptors (Lipinski definition) is 4. The molecule has 0 N–H and O–H groups in total. The number of fused-ring (bicyclic) bond motifs is 1. The highest BCUT2D eigenvalue weighted by molar-refractivity contribution is 5.78. The molecule has 0 aliphatic carbocycles. The lowest BCUT2D eigenvalue weighted by Crippen LogP contribution is -2.35. The van der Waals surface area contributed by atoms with Crippen LogP contribution in [0, 0.1) is 11.7 Å². The van der Waals surface area contributed by atoms with Crippen LogP contribution in [-0.2, 0) is 12.8 Å².